The highest BCUT2D eigenvalue weighted by atomic mass is 16.9. The van der Waals surface area contributed by atoms with Crippen LogP contribution in [0.4, 0.5) is 0 Å². The highest BCUT2D eigenvalue weighted by Crippen LogP contribution is 2.43. The fourth-order valence-electron chi connectivity index (χ4n) is 2.84. The van der Waals surface area contributed by atoms with Crippen LogP contribution in [0.5, 0.6) is 0 Å². The fourth-order valence-corrected chi connectivity index (χ4v) is 2.84. The Labute approximate surface area is 106 Å². The highest BCUT2D eigenvalue weighted by Gasteiger charge is 2.60. The molecule has 0 aromatic rings. The number of rotatable bonds is 1. The molecule has 3 heterocycles. The molecule has 6 heteroatoms. The first kappa shape index (κ1) is 12.8. The maximum absolute atomic E-state index is 9.40. The van der Waals surface area contributed by atoms with Gasteiger partial charge in [0.15, 0.2) is 17.9 Å². The van der Waals surface area contributed by atoms with Crippen molar-refractivity contribution in [3.05, 3.63) is 0 Å². The van der Waals surface area contributed by atoms with Gasteiger partial charge in [-0.05, 0) is 27.7 Å². The van der Waals surface area contributed by atoms with E-state index in [0.29, 0.717) is 0 Å². The molecule has 3 fully saturated rings. The Kier molecular flexibility index (Phi) is 2.75. The SMILES string of the molecule is CC1(C)O[C@H]2O[C@@H](CO)[C@@H]3OC(C)(C)O[C@H]3[C@@H]2O1. The standard InChI is InChI=1S/C12H20O6/c1-11(2)15-7-6(5-13)14-10-9(8(7)16-11)17-12(3,4)18-10/h6-10,13H,5H2,1-4H3/t6-,7-,8+,9-,10+/m0/s1. The fraction of sp³-hybridized carbons (Fsp3) is 1.00. The van der Waals surface area contributed by atoms with Gasteiger partial charge < -0.3 is 28.8 Å². The summed E-state index contributed by atoms with van der Waals surface area (Å²) in [6.45, 7) is 7.22. The molecule has 3 saturated heterocycles. The number of aliphatic hydroxyl groups is 1. The lowest BCUT2D eigenvalue weighted by molar-refractivity contribution is -0.240. The average Bonchev–Trinajstić information content (AvgIpc) is 2.71. The van der Waals surface area contributed by atoms with Crippen LogP contribution in [-0.4, -0.2) is 54.0 Å². The van der Waals surface area contributed by atoms with Gasteiger partial charge in [-0.25, -0.2) is 0 Å². The summed E-state index contributed by atoms with van der Waals surface area (Å²) in [6.07, 6.45) is -1.90. The average molecular weight is 260 g/mol. The molecule has 0 bridgehead atoms. The highest BCUT2D eigenvalue weighted by molar-refractivity contribution is 4.99. The van der Waals surface area contributed by atoms with Gasteiger partial charge in [-0.15, -0.1) is 0 Å². The lowest BCUT2D eigenvalue weighted by Crippen LogP contribution is -2.56. The molecule has 6 nitrogen and oxygen atoms in total. The minimum atomic E-state index is -0.708. The zero-order valence-electron chi connectivity index (χ0n) is 11.1. The lowest BCUT2D eigenvalue weighted by Gasteiger charge is -2.36. The van der Waals surface area contributed by atoms with Gasteiger partial charge in [0.2, 0.25) is 0 Å². The molecule has 18 heavy (non-hydrogen) atoms. The van der Waals surface area contributed by atoms with E-state index in [2.05, 4.69) is 0 Å². The van der Waals surface area contributed by atoms with E-state index in [1.165, 1.54) is 0 Å². The zero-order chi connectivity index (χ0) is 13.1. The molecular formula is C12H20O6. The van der Waals surface area contributed by atoms with Crippen molar-refractivity contribution in [1.82, 2.24) is 0 Å². The van der Waals surface area contributed by atoms with Gasteiger partial charge in [0.25, 0.3) is 0 Å². The van der Waals surface area contributed by atoms with E-state index in [9.17, 15) is 5.11 Å². The summed E-state index contributed by atoms with van der Waals surface area (Å²) in [7, 11) is 0. The smallest absolute Gasteiger partial charge is 0.190 e. The van der Waals surface area contributed by atoms with E-state index >= 15 is 0 Å². The van der Waals surface area contributed by atoms with Crippen molar-refractivity contribution in [2.75, 3.05) is 6.61 Å². The maximum Gasteiger partial charge on any atom is 0.190 e. The van der Waals surface area contributed by atoms with Crippen LogP contribution in [0.1, 0.15) is 27.7 Å². The molecule has 0 radical (unpaired) electrons. The third-order valence-electron chi connectivity index (χ3n) is 3.43. The number of hydrogen-bond acceptors (Lipinski definition) is 6. The summed E-state index contributed by atoms with van der Waals surface area (Å²) in [5.41, 5.74) is 0. The van der Waals surface area contributed by atoms with E-state index in [0.717, 1.165) is 0 Å². The second-order valence-corrected chi connectivity index (χ2v) is 5.89. The largest absolute Gasteiger partial charge is 0.394 e. The molecule has 0 unspecified atom stereocenters. The first-order valence-electron chi connectivity index (χ1n) is 6.29. The molecule has 3 rings (SSSR count). The summed E-state index contributed by atoms with van der Waals surface area (Å²) in [5, 5.41) is 9.40. The number of aliphatic hydroxyl groups excluding tert-OH is 1. The van der Waals surface area contributed by atoms with Crippen molar-refractivity contribution >= 4 is 0 Å². The van der Waals surface area contributed by atoms with Crippen LogP contribution in [-0.2, 0) is 23.7 Å². The van der Waals surface area contributed by atoms with Crippen LogP contribution in [0, 0.1) is 0 Å². The van der Waals surface area contributed by atoms with E-state index in [1.54, 1.807) is 0 Å². The van der Waals surface area contributed by atoms with Gasteiger partial charge in [0, 0.05) is 0 Å². The summed E-state index contributed by atoms with van der Waals surface area (Å²) < 4.78 is 28.9. The minimum absolute atomic E-state index is 0.131. The Bertz CT molecular complexity index is 341. The quantitative estimate of drug-likeness (QED) is 0.735. The molecule has 104 valence electrons. The minimum Gasteiger partial charge on any atom is -0.394 e. The monoisotopic (exact) mass is 260 g/mol. The molecule has 0 spiro atoms. The second kappa shape index (κ2) is 3.88. The van der Waals surface area contributed by atoms with Gasteiger partial charge in [0.1, 0.15) is 24.4 Å². The number of hydrogen-bond donors (Lipinski definition) is 1. The van der Waals surface area contributed by atoms with Gasteiger partial charge in [-0.1, -0.05) is 0 Å². The molecule has 0 aromatic heterocycles. The van der Waals surface area contributed by atoms with Gasteiger partial charge in [-0.3, -0.25) is 0 Å². The van der Waals surface area contributed by atoms with Crippen LogP contribution in [0.25, 0.3) is 0 Å². The van der Waals surface area contributed by atoms with Crippen molar-refractivity contribution in [3.63, 3.8) is 0 Å². The lowest BCUT2D eigenvalue weighted by atomic mass is 9.99. The van der Waals surface area contributed by atoms with Crippen LogP contribution in [0.3, 0.4) is 0 Å². The number of fused-ring (bicyclic) bond motifs is 3. The van der Waals surface area contributed by atoms with Gasteiger partial charge >= 0.3 is 0 Å². The first-order chi connectivity index (χ1) is 8.31. The Balaban J connectivity index is 1.86. The third kappa shape index (κ3) is 1.97. The maximum atomic E-state index is 9.40. The molecule has 5 atom stereocenters. The Morgan fingerprint density at radius 3 is 2.06 bits per heavy atom. The summed E-state index contributed by atoms with van der Waals surface area (Å²) >= 11 is 0. The van der Waals surface area contributed by atoms with Crippen molar-refractivity contribution in [2.24, 2.45) is 0 Å². The number of ether oxygens (including phenoxy) is 5. The van der Waals surface area contributed by atoms with Crippen molar-refractivity contribution in [1.29, 1.82) is 0 Å². The Morgan fingerprint density at radius 2 is 1.39 bits per heavy atom. The normalized spacial score (nSPS) is 48.8. The second-order valence-electron chi connectivity index (χ2n) is 5.89. The zero-order valence-corrected chi connectivity index (χ0v) is 11.1. The van der Waals surface area contributed by atoms with E-state index in [1.807, 2.05) is 27.7 Å². The Morgan fingerprint density at radius 1 is 0.833 bits per heavy atom. The van der Waals surface area contributed by atoms with Crippen LogP contribution >= 0.6 is 0 Å². The van der Waals surface area contributed by atoms with Gasteiger partial charge in [0.05, 0.1) is 6.61 Å². The molecule has 0 aliphatic carbocycles. The molecule has 0 amide bonds. The predicted octanol–water partition coefficient (Wildman–Crippen LogP) is 0.375. The molecular weight excluding hydrogens is 240 g/mol. The molecule has 3 aliphatic heterocycles. The molecule has 0 aromatic carbocycles. The topological polar surface area (TPSA) is 66.4 Å². The van der Waals surface area contributed by atoms with Crippen molar-refractivity contribution in [2.45, 2.75) is 70.0 Å². The van der Waals surface area contributed by atoms with Crippen LogP contribution < -0.4 is 0 Å². The van der Waals surface area contributed by atoms with Crippen LogP contribution in [0.2, 0.25) is 0 Å². The summed E-state index contributed by atoms with van der Waals surface area (Å²) in [6, 6.07) is 0. The van der Waals surface area contributed by atoms with E-state index < -0.39 is 24.0 Å². The van der Waals surface area contributed by atoms with Crippen LogP contribution in [0.15, 0.2) is 0 Å². The van der Waals surface area contributed by atoms with E-state index in [-0.39, 0.29) is 24.9 Å². The third-order valence-corrected chi connectivity index (χ3v) is 3.43. The first-order valence-corrected chi connectivity index (χ1v) is 6.29. The van der Waals surface area contributed by atoms with Gasteiger partial charge in [-0.2, -0.15) is 0 Å². The molecule has 0 saturated carbocycles. The molecule has 3 aliphatic rings. The van der Waals surface area contributed by atoms with Crippen molar-refractivity contribution in [3.8, 4) is 0 Å². The van der Waals surface area contributed by atoms with Crippen molar-refractivity contribution < 1.29 is 28.8 Å². The predicted molar refractivity (Wildman–Crippen MR) is 59.6 cm³/mol. The van der Waals surface area contributed by atoms with E-state index in [4.69, 9.17) is 23.7 Å². The summed E-state index contributed by atoms with van der Waals surface area (Å²) in [4.78, 5) is 0. The summed E-state index contributed by atoms with van der Waals surface area (Å²) in [5.74, 6) is -1.41. The molecule has 1 N–H and O–H groups in total. The Hall–Kier alpha value is -0.240.